The Morgan fingerprint density at radius 3 is 2.13 bits per heavy atom. The molecule has 30 heavy (non-hydrogen) atoms. The van der Waals surface area contributed by atoms with Gasteiger partial charge in [0, 0.05) is 27.7 Å². The van der Waals surface area contributed by atoms with E-state index < -0.39 is 72.6 Å². The van der Waals surface area contributed by atoms with Crippen molar-refractivity contribution in [1.82, 2.24) is 5.32 Å². The van der Waals surface area contributed by atoms with Gasteiger partial charge in [-0.2, -0.15) is 0 Å². The molecule has 0 fully saturated rings. The Labute approximate surface area is 172 Å². The number of aliphatic hydroxyl groups is 1. The summed E-state index contributed by atoms with van der Waals surface area (Å²) in [7, 11) is 1.08. The van der Waals surface area contributed by atoms with Crippen molar-refractivity contribution >= 4 is 29.8 Å². The Morgan fingerprint density at radius 1 is 1.07 bits per heavy atom. The van der Waals surface area contributed by atoms with E-state index in [9.17, 15) is 29.1 Å². The molecule has 0 spiro atoms. The molecule has 0 bridgehead atoms. The predicted molar refractivity (Wildman–Crippen MR) is 96.3 cm³/mol. The zero-order chi connectivity index (χ0) is 23.0. The summed E-state index contributed by atoms with van der Waals surface area (Å²) in [6.45, 7) is 3.91. The van der Waals surface area contributed by atoms with Crippen LogP contribution in [0.15, 0.2) is 11.8 Å². The first kappa shape index (κ1) is 24.9. The highest BCUT2D eigenvalue weighted by Gasteiger charge is 2.47. The number of esters is 4. The van der Waals surface area contributed by atoms with Crippen molar-refractivity contribution in [3.05, 3.63) is 11.8 Å². The van der Waals surface area contributed by atoms with E-state index in [2.05, 4.69) is 10.1 Å². The molecular weight excluding hydrogens is 406 g/mol. The fraction of sp³-hybridized carbons (Fsp3) is 0.611. The lowest BCUT2D eigenvalue weighted by molar-refractivity contribution is -0.190. The van der Waals surface area contributed by atoms with Gasteiger partial charge >= 0.3 is 23.9 Å². The van der Waals surface area contributed by atoms with Crippen LogP contribution in [0.2, 0.25) is 0 Å². The molecule has 12 nitrogen and oxygen atoms in total. The first-order chi connectivity index (χ1) is 14.0. The van der Waals surface area contributed by atoms with Gasteiger partial charge in [0.05, 0.1) is 13.2 Å². The molecule has 12 heteroatoms. The fourth-order valence-corrected chi connectivity index (χ4v) is 2.76. The Morgan fingerprint density at radius 2 is 1.67 bits per heavy atom. The van der Waals surface area contributed by atoms with Crippen LogP contribution in [0.1, 0.15) is 27.7 Å². The maximum absolute atomic E-state index is 11.9. The molecule has 0 unspecified atom stereocenters. The van der Waals surface area contributed by atoms with Gasteiger partial charge in [0.25, 0.3) is 0 Å². The van der Waals surface area contributed by atoms with Crippen molar-refractivity contribution in [2.75, 3.05) is 13.7 Å². The van der Waals surface area contributed by atoms with Crippen molar-refractivity contribution in [2.24, 2.45) is 0 Å². The van der Waals surface area contributed by atoms with E-state index in [1.165, 1.54) is 6.92 Å². The van der Waals surface area contributed by atoms with Crippen molar-refractivity contribution in [3.8, 4) is 0 Å². The number of ether oxygens (including phenoxy) is 5. The van der Waals surface area contributed by atoms with Gasteiger partial charge in [-0.1, -0.05) is 0 Å². The molecule has 1 amide bonds. The largest absolute Gasteiger partial charge is 0.477 e. The molecule has 5 atom stereocenters. The summed E-state index contributed by atoms with van der Waals surface area (Å²) in [5.74, 6) is -4.23. The molecule has 2 N–H and O–H groups in total. The summed E-state index contributed by atoms with van der Waals surface area (Å²) in [5, 5.41) is 12.9. The van der Waals surface area contributed by atoms with Crippen molar-refractivity contribution in [1.29, 1.82) is 0 Å². The lowest BCUT2D eigenvalue weighted by Gasteiger charge is -2.40. The third-order valence-electron chi connectivity index (χ3n) is 3.82. The zero-order valence-electron chi connectivity index (χ0n) is 17.2. The minimum Gasteiger partial charge on any atom is -0.477 e. The predicted octanol–water partition coefficient (Wildman–Crippen LogP) is -1.27. The van der Waals surface area contributed by atoms with Crippen molar-refractivity contribution < 1.29 is 52.8 Å². The molecule has 0 aromatic rings. The van der Waals surface area contributed by atoms with Crippen LogP contribution < -0.4 is 5.32 Å². The maximum atomic E-state index is 11.9. The number of rotatable bonds is 8. The minimum absolute atomic E-state index is 0.414. The summed E-state index contributed by atoms with van der Waals surface area (Å²) in [6.07, 6.45) is -4.70. The van der Waals surface area contributed by atoms with Gasteiger partial charge in [0.2, 0.25) is 11.7 Å². The number of aliphatic hydroxyl groups excluding tert-OH is 1. The van der Waals surface area contributed by atoms with E-state index >= 15 is 0 Å². The summed E-state index contributed by atoms with van der Waals surface area (Å²) in [6, 6.07) is -1.21. The Balaban J connectivity index is 3.41. The Hall–Kier alpha value is -3.15. The topological polar surface area (TPSA) is 164 Å². The first-order valence-electron chi connectivity index (χ1n) is 8.86. The van der Waals surface area contributed by atoms with Gasteiger partial charge in [0.1, 0.15) is 12.7 Å². The van der Waals surface area contributed by atoms with Gasteiger partial charge in [-0.25, -0.2) is 4.79 Å². The van der Waals surface area contributed by atoms with E-state index in [0.717, 1.165) is 34.0 Å². The third kappa shape index (κ3) is 7.35. The van der Waals surface area contributed by atoms with E-state index in [-0.39, 0.29) is 0 Å². The van der Waals surface area contributed by atoms with Gasteiger partial charge in [-0.3, -0.25) is 19.2 Å². The lowest BCUT2D eigenvalue weighted by Crippen LogP contribution is -2.61. The second kappa shape index (κ2) is 11.1. The highest BCUT2D eigenvalue weighted by Crippen LogP contribution is 2.26. The third-order valence-corrected chi connectivity index (χ3v) is 3.82. The molecule has 0 aromatic heterocycles. The number of carbonyl (C=O) groups is 5. The van der Waals surface area contributed by atoms with Crippen LogP contribution in [0.25, 0.3) is 0 Å². The molecule has 0 aromatic carbocycles. The number of carbonyl (C=O) groups excluding carboxylic acids is 5. The summed E-state index contributed by atoms with van der Waals surface area (Å²) >= 11 is 0. The lowest BCUT2D eigenvalue weighted by atomic mass is 9.93. The van der Waals surface area contributed by atoms with Crippen LogP contribution in [-0.2, 0) is 47.7 Å². The average Bonchev–Trinajstić information content (AvgIpc) is 2.63. The SMILES string of the molecule is COC(=O)C1=C[C@@H](O)[C@@H](NC(C)=O)[C@H]([C@@H](OC(C)=O)[C@@H](COC(C)=O)OC(C)=O)O1. The smallest absolute Gasteiger partial charge is 0.373 e. The van der Waals surface area contributed by atoms with Gasteiger partial charge < -0.3 is 34.1 Å². The summed E-state index contributed by atoms with van der Waals surface area (Å²) in [5.41, 5.74) is 0. The first-order valence-corrected chi connectivity index (χ1v) is 8.86. The molecule has 1 aliphatic rings. The van der Waals surface area contributed by atoms with Crippen LogP contribution in [0, 0.1) is 0 Å². The number of amides is 1. The molecule has 0 radical (unpaired) electrons. The van der Waals surface area contributed by atoms with Crippen LogP contribution in [0.4, 0.5) is 0 Å². The number of hydrogen-bond acceptors (Lipinski definition) is 11. The van der Waals surface area contributed by atoms with Crippen LogP contribution in [-0.4, -0.2) is 79.1 Å². The van der Waals surface area contributed by atoms with E-state index in [1.807, 2.05) is 0 Å². The van der Waals surface area contributed by atoms with Crippen LogP contribution in [0.5, 0.6) is 0 Å². The standard InChI is InChI=1S/C18H25NO11/c1-8(20)19-15-12(24)6-13(18(25)26-5)30-17(15)16(29-11(4)23)14(28-10(3)22)7-27-9(2)21/h6,12,14-17,24H,7H2,1-5H3,(H,19,20)/t12-,14-,15-,16+,17-/m1/s1. The van der Waals surface area contributed by atoms with Gasteiger partial charge in [-0.05, 0) is 6.08 Å². The molecule has 0 saturated carbocycles. The second-order valence-electron chi connectivity index (χ2n) is 6.35. The number of hydrogen-bond donors (Lipinski definition) is 2. The summed E-state index contributed by atoms with van der Waals surface area (Å²) < 4.78 is 25.4. The molecule has 0 aliphatic carbocycles. The Bertz CT molecular complexity index is 717. The Kier molecular flexibility index (Phi) is 9.24. The molecular formula is C18H25NO11. The zero-order valence-corrected chi connectivity index (χ0v) is 17.2. The average molecular weight is 431 g/mol. The fourth-order valence-electron chi connectivity index (χ4n) is 2.76. The van der Waals surface area contributed by atoms with Crippen molar-refractivity contribution in [3.63, 3.8) is 0 Å². The molecule has 1 aliphatic heterocycles. The highest BCUT2D eigenvalue weighted by atomic mass is 16.6. The quantitative estimate of drug-likeness (QED) is 0.348. The number of nitrogens with one attached hydrogen (secondary N) is 1. The molecule has 0 saturated heterocycles. The molecule has 1 heterocycles. The number of methoxy groups -OCH3 is 1. The normalized spacial score (nSPS) is 22.3. The van der Waals surface area contributed by atoms with Gasteiger partial charge in [-0.15, -0.1) is 0 Å². The molecule has 168 valence electrons. The van der Waals surface area contributed by atoms with E-state index in [4.69, 9.17) is 18.9 Å². The molecule has 1 rings (SSSR count). The maximum Gasteiger partial charge on any atom is 0.373 e. The minimum atomic E-state index is -1.48. The second-order valence-corrected chi connectivity index (χ2v) is 6.35. The summed E-state index contributed by atoms with van der Waals surface area (Å²) in [4.78, 5) is 58.1. The van der Waals surface area contributed by atoms with Gasteiger partial charge in [0.15, 0.2) is 18.3 Å². The monoisotopic (exact) mass is 431 g/mol. The van der Waals surface area contributed by atoms with Crippen LogP contribution in [0.3, 0.4) is 0 Å². The van der Waals surface area contributed by atoms with E-state index in [0.29, 0.717) is 0 Å². The van der Waals surface area contributed by atoms with Crippen molar-refractivity contribution in [2.45, 2.75) is 58.2 Å². The van der Waals surface area contributed by atoms with E-state index in [1.54, 1.807) is 0 Å². The highest BCUT2D eigenvalue weighted by molar-refractivity contribution is 5.86. The van der Waals surface area contributed by atoms with Crippen LogP contribution >= 0.6 is 0 Å².